The van der Waals surface area contributed by atoms with Crippen LogP contribution >= 0.6 is 0 Å². The molecule has 2 aliphatic rings. The molecule has 0 spiro atoms. The largest absolute Gasteiger partial charge is 0.329 e. The topological polar surface area (TPSA) is 29.3 Å². The van der Waals surface area contributed by atoms with Crippen LogP contribution < -0.4 is 5.73 Å². The number of nitrogens with two attached hydrogens (primary N) is 1. The van der Waals surface area contributed by atoms with Crippen molar-refractivity contribution in [3.05, 3.63) is 0 Å². The molecule has 106 valence electrons. The van der Waals surface area contributed by atoms with Gasteiger partial charge in [0, 0.05) is 12.1 Å². The maximum Gasteiger partial charge on any atom is 0.0334 e. The molecule has 2 N–H and O–H groups in total. The second-order valence-electron chi connectivity index (χ2n) is 7.45. The zero-order valence-corrected chi connectivity index (χ0v) is 12.7. The quantitative estimate of drug-likeness (QED) is 0.834. The van der Waals surface area contributed by atoms with Crippen molar-refractivity contribution in [3.63, 3.8) is 0 Å². The SMILES string of the molecule is CCC1CCC(CN)(N2CCCC(C)(C)CC2)C1. The molecular formula is C16H32N2. The van der Waals surface area contributed by atoms with Crippen LogP contribution in [0.4, 0.5) is 0 Å². The van der Waals surface area contributed by atoms with E-state index < -0.39 is 0 Å². The van der Waals surface area contributed by atoms with Gasteiger partial charge in [0.05, 0.1) is 0 Å². The zero-order valence-electron chi connectivity index (χ0n) is 12.7. The lowest BCUT2D eigenvalue weighted by atomic mass is 9.85. The van der Waals surface area contributed by atoms with Crippen LogP contribution in [-0.4, -0.2) is 30.1 Å². The van der Waals surface area contributed by atoms with Crippen LogP contribution in [-0.2, 0) is 0 Å². The highest BCUT2D eigenvalue weighted by molar-refractivity contribution is 4.99. The van der Waals surface area contributed by atoms with Gasteiger partial charge in [0.15, 0.2) is 0 Å². The van der Waals surface area contributed by atoms with Gasteiger partial charge in [0.2, 0.25) is 0 Å². The summed E-state index contributed by atoms with van der Waals surface area (Å²) in [6.07, 6.45) is 9.48. The number of hydrogen-bond acceptors (Lipinski definition) is 2. The first kappa shape index (κ1) is 14.3. The van der Waals surface area contributed by atoms with Crippen LogP contribution in [0.3, 0.4) is 0 Å². The summed E-state index contributed by atoms with van der Waals surface area (Å²) >= 11 is 0. The molecule has 2 atom stereocenters. The highest BCUT2D eigenvalue weighted by atomic mass is 15.2. The summed E-state index contributed by atoms with van der Waals surface area (Å²) in [4.78, 5) is 2.76. The molecule has 2 nitrogen and oxygen atoms in total. The summed E-state index contributed by atoms with van der Waals surface area (Å²) < 4.78 is 0. The van der Waals surface area contributed by atoms with E-state index in [2.05, 4.69) is 25.7 Å². The number of rotatable bonds is 3. The van der Waals surface area contributed by atoms with Crippen LogP contribution in [0.1, 0.15) is 65.7 Å². The summed E-state index contributed by atoms with van der Waals surface area (Å²) in [6.45, 7) is 10.6. The molecule has 0 aromatic rings. The maximum atomic E-state index is 6.19. The van der Waals surface area contributed by atoms with E-state index in [-0.39, 0.29) is 0 Å². The van der Waals surface area contributed by atoms with E-state index >= 15 is 0 Å². The lowest BCUT2D eigenvalue weighted by molar-refractivity contribution is 0.0952. The molecule has 1 heterocycles. The molecule has 0 radical (unpaired) electrons. The Kier molecular flexibility index (Phi) is 4.38. The molecule has 2 rings (SSSR count). The molecule has 1 aliphatic heterocycles. The minimum absolute atomic E-state index is 0.348. The van der Waals surface area contributed by atoms with E-state index in [4.69, 9.17) is 5.73 Å². The standard InChI is InChI=1S/C16H32N2/c1-4-14-6-8-16(12-14,13-17)18-10-5-7-15(2,3)9-11-18/h14H,4-13,17H2,1-3H3. The monoisotopic (exact) mass is 252 g/mol. The molecule has 1 aliphatic carbocycles. The predicted molar refractivity (Wildman–Crippen MR) is 78.6 cm³/mol. The van der Waals surface area contributed by atoms with Gasteiger partial charge >= 0.3 is 0 Å². The van der Waals surface area contributed by atoms with Gasteiger partial charge in [-0.15, -0.1) is 0 Å². The molecular weight excluding hydrogens is 220 g/mol. The molecule has 2 fully saturated rings. The lowest BCUT2D eigenvalue weighted by Gasteiger charge is -2.41. The fraction of sp³-hybridized carbons (Fsp3) is 1.00. The van der Waals surface area contributed by atoms with Crippen molar-refractivity contribution in [2.24, 2.45) is 17.1 Å². The van der Waals surface area contributed by atoms with E-state index in [0.717, 1.165) is 12.5 Å². The molecule has 18 heavy (non-hydrogen) atoms. The van der Waals surface area contributed by atoms with Gasteiger partial charge in [0.1, 0.15) is 0 Å². The smallest absolute Gasteiger partial charge is 0.0334 e. The third-order valence-corrected chi connectivity index (χ3v) is 5.65. The van der Waals surface area contributed by atoms with Crippen molar-refractivity contribution in [2.45, 2.75) is 71.3 Å². The number of likely N-dealkylation sites (tertiary alicyclic amines) is 1. The second-order valence-corrected chi connectivity index (χ2v) is 7.45. The fourth-order valence-corrected chi connectivity index (χ4v) is 4.06. The fourth-order valence-electron chi connectivity index (χ4n) is 4.06. The van der Waals surface area contributed by atoms with Crippen LogP contribution in [0, 0.1) is 11.3 Å². The molecule has 2 heteroatoms. The molecule has 0 aromatic carbocycles. The van der Waals surface area contributed by atoms with Gasteiger partial charge < -0.3 is 5.73 Å². The summed E-state index contributed by atoms with van der Waals surface area (Å²) in [6, 6.07) is 0. The van der Waals surface area contributed by atoms with E-state index in [0.29, 0.717) is 11.0 Å². The Labute approximate surface area is 113 Å². The Hall–Kier alpha value is -0.0800. The minimum Gasteiger partial charge on any atom is -0.329 e. The Morgan fingerprint density at radius 1 is 1.17 bits per heavy atom. The second kappa shape index (κ2) is 5.50. The average molecular weight is 252 g/mol. The Morgan fingerprint density at radius 3 is 2.56 bits per heavy atom. The summed E-state index contributed by atoms with van der Waals surface area (Å²) in [5.41, 5.74) is 7.08. The number of hydrogen-bond donors (Lipinski definition) is 1. The molecule has 1 saturated heterocycles. The molecule has 0 bridgehead atoms. The Morgan fingerprint density at radius 2 is 1.94 bits per heavy atom. The van der Waals surface area contributed by atoms with Gasteiger partial charge in [-0.25, -0.2) is 0 Å². The van der Waals surface area contributed by atoms with Gasteiger partial charge in [-0.1, -0.05) is 27.2 Å². The van der Waals surface area contributed by atoms with Crippen molar-refractivity contribution in [1.29, 1.82) is 0 Å². The van der Waals surface area contributed by atoms with Crippen LogP contribution in [0.5, 0.6) is 0 Å². The van der Waals surface area contributed by atoms with Gasteiger partial charge in [0.25, 0.3) is 0 Å². The highest BCUT2D eigenvalue weighted by Crippen LogP contribution is 2.42. The van der Waals surface area contributed by atoms with Gasteiger partial charge in [-0.2, -0.15) is 0 Å². The first-order valence-electron chi connectivity index (χ1n) is 7.96. The first-order chi connectivity index (χ1) is 8.51. The summed E-state index contributed by atoms with van der Waals surface area (Å²) in [5.74, 6) is 0.921. The first-order valence-corrected chi connectivity index (χ1v) is 7.96. The normalized spacial score (nSPS) is 37.7. The molecule has 0 amide bonds. The average Bonchev–Trinajstić information content (AvgIpc) is 2.69. The van der Waals surface area contributed by atoms with Crippen molar-refractivity contribution in [1.82, 2.24) is 4.90 Å². The van der Waals surface area contributed by atoms with Crippen molar-refractivity contribution >= 4 is 0 Å². The van der Waals surface area contributed by atoms with E-state index in [9.17, 15) is 0 Å². The third kappa shape index (κ3) is 2.91. The number of nitrogens with zero attached hydrogens (tertiary/aromatic N) is 1. The third-order valence-electron chi connectivity index (χ3n) is 5.65. The van der Waals surface area contributed by atoms with Crippen molar-refractivity contribution in [3.8, 4) is 0 Å². The van der Waals surface area contributed by atoms with Crippen molar-refractivity contribution < 1.29 is 0 Å². The van der Waals surface area contributed by atoms with Gasteiger partial charge in [-0.3, -0.25) is 4.90 Å². The molecule has 0 aromatic heterocycles. The van der Waals surface area contributed by atoms with Crippen LogP contribution in [0.15, 0.2) is 0 Å². The predicted octanol–water partition coefficient (Wildman–Crippen LogP) is 3.41. The van der Waals surface area contributed by atoms with Crippen LogP contribution in [0.25, 0.3) is 0 Å². The van der Waals surface area contributed by atoms with E-state index in [1.165, 1.54) is 58.0 Å². The Bertz CT molecular complexity index is 274. The zero-order chi connectivity index (χ0) is 13.2. The van der Waals surface area contributed by atoms with E-state index in [1.807, 2.05) is 0 Å². The maximum absolute atomic E-state index is 6.19. The van der Waals surface area contributed by atoms with Gasteiger partial charge in [-0.05, 0) is 62.9 Å². The highest BCUT2D eigenvalue weighted by Gasteiger charge is 2.42. The van der Waals surface area contributed by atoms with Crippen LogP contribution in [0.2, 0.25) is 0 Å². The van der Waals surface area contributed by atoms with E-state index in [1.54, 1.807) is 0 Å². The lowest BCUT2D eigenvalue weighted by Crippen LogP contribution is -2.52. The van der Waals surface area contributed by atoms with Crippen molar-refractivity contribution in [2.75, 3.05) is 19.6 Å². The molecule has 2 unspecified atom stereocenters. The Balaban J connectivity index is 2.04. The summed E-state index contributed by atoms with van der Waals surface area (Å²) in [5, 5.41) is 0. The summed E-state index contributed by atoms with van der Waals surface area (Å²) in [7, 11) is 0. The minimum atomic E-state index is 0.348. The molecule has 1 saturated carbocycles.